The Kier molecular flexibility index (Phi) is 2.59. The monoisotopic (exact) mass is 244 g/mol. The Balaban J connectivity index is 2.01. The summed E-state index contributed by atoms with van der Waals surface area (Å²) in [5.41, 5.74) is 2.60. The molecule has 2 heterocycles. The minimum absolute atomic E-state index is 0.0300. The van der Waals surface area contributed by atoms with Crippen molar-refractivity contribution in [2.24, 2.45) is 0 Å². The first-order valence-corrected chi connectivity index (χ1v) is 6.06. The number of anilines is 1. The molecule has 0 aliphatic carbocycles. The summed E-state index contributed by atoms with van der Waals surface area (Å²) in [6.07, 6.45) is -0.0734. The van der Waals surface area contributed by atoms with E-state index in [2.05, 4.69) is 11.9 Å². The maximum Gasteiger partial charge on any atom is 0.256 e. The molecule has 1 saturated heterocycles. The van der Waals surface area contributed by atoms with Crippen LogP contribution in [-0.2, 0) is 4.74 Å². The number of hydrogen-bond donors (Lipinski definition) is 1. The highest BCUT2D eigenvalue weighted by Crippen LogP contribution is 2.31. The van der Waals surface area contributed by atoms with Crippen molar-refractivity contribution >= 4 is 11.6 Å². The Hall–Kier alpha value is -1.81. The summed E-state index contributed by atoms with van der Waals surface area (Å²) in [7, 11) is 1.67. The van der Waals surface area contributed by atoms with E-state index in [9.17, 15) is 4.79 Å². The first-order chi connectivity index (χ1) is 8.72. The Morgan fingerprint density at radius 2 is 2.22 bits per heavy atom. The molecule has 18 heavy (non-hydrogen) atoms. The number of nitrogens with zero attached hydrogens (tertiary/aromatic N) is 1. The summed E-state index contributed by atoms with van der Waals surface area (Å²) in [6, 6.07) is 7.64. The number of ether oxygens (including phenoxy) is 1. The number of carbonyl (C=O) groups is 1. The number of rotatable bonds is 1. The van der Waals surface area contributed by atoms with Gasteiger partial charge in [-0.2, -0.15) is 0 Å². The molecule has 1 aromatic carbocycles. The fourth-order valence-electron chi connectivity index (χ4n) is 2.82. The number of hydrogen-bond acceptors (Lipinski definition) is 3. The van der Waals surface area contributed by atoms with E-state index in [1.54, 1.807) is 7.11 Å². The normalized spacial score (nSPS) is 26.4. The maximum atomic E-state index is 12.5. The van der Waals surface area contributed by atoms with Gasteiger partial charge in [0.1, 0.15) is 6.10 Å². The van der Waals surface area contributed by atoms with E-state index in [0.717, 1.165) is 16.8 Å². The summed E-state index contributed by atoms with van der Waals surface area (Å²) in [5.74, 6) is 0.0568. The second-order valence-electron chi connectivity index (χ2n) is 4.74. The molecule has 94 valence electrons. The highest BCUT2D eigenvalue weighted by Gasteiger charge is 2.41. The van der Waals surface area contributed by atoms with Gasteiger partial charge in [-0.15, -0.1) is 0 Å². The summed E-state index contributed by atoms with van der Waals surface area (Å²) >= 11 is 0. The van der Waals surface area contributed by atoms with Crippen molar-refractivity contribution in [3.63, 3.8) is 0 Å². The van der Waals surface area contributed by atoms with Gasteiger partial charge in [-0.25, -0.2) is 0 Å². The van der Waals surface area contributed by atoms with Gasteiger partial charge in [-0.1, -0.05) is 18.7 Å². The number of benzene rings is 1. The van der Waals surface area contributed by atoms with E-state index in [1.807, 2.05) is 29.2 Å². The van der Waals surface area contributed by atoms with Crippen molar-refractivity contribution in [1.29, 1.82) is 0 Å². The molecule has 0 bridgehead atoms. The molecule has 2 atom stereocenters. The Labute approximate surface area is 106 Å². The molecule has 4 heteroatoms. The minimum atomic E-state index is -0.0734. The van der Waals surface area contributed by atoms with Crippen molar-refractivity contribution in [2.75, 3.05) is 25.5 Å². The van der Waals surface area contributed by atoms with Gasteiger partial charge in [0.15, 0.2) is 0 Å². The molecule has 0 aromatic heterocycles. The van der Waals surface area contributed by atoms with Crippen LogP contribution in [0.2, 0.25) is 0 Å². The molecule has 0 radical (unpaired) electrons. The van der Waals surface area contributed by atoms with E-state index < -0.39 is 0 Å². The van der Waals surface area contributed by atoms with Gasteiger partial charge in [0.25, 0.3) is 5.91 Å². The van der Waals surface area contributed by atoms with Crippen molar-refractivity contribution in [3.8, 4) is 0 Å². The number of amides is 1. The highest BCUT2D eigenvalue weighted by atomic mass is 16.5. The summed E-state index contributed by atoms with van der Waals surface area (Å²) < 4.78 is 5.46. The maximum absolute atomic E-state index is 12.5. The van der Waals surface area contributed by atoms with E-state index in [1.165, 1.54) is 0 Å². The fraction of sp³-hybridized carbons (Fsp3) is 0.357. The first kappa shape index (κ1) is 11.3. The third-order valence-electron chi connectivity index (χ3n) is 3.70. The third kappa shape index (κ3) is 1.53. The van der Waals surface area contributed by atoms with Crippen LogP contribution in [0.25, 0.3) is 0 Å². The summed E-state index contributed by atoms with van der Waals surface area (Å²) in [5, 5.41) is 3.33. The van der Waals surface area contributed by atoms with Crippen LogP contribution in [-0.4, -0.2) is 43.2 Å². The van der Waals surface area contributed by atoms with Crippen molar-refractivity contribution < 1.29 is 9.53 Å². The molecule has 1 N–H and O–H groups in total. The van der Waals surface area contributed by atoms with Crippen molar-refractivity contribution in [3.05, 3.63) is 42.0 Å². The molecule has 0 saturated carbocycles. The van der Waals surface area contributed by atoms with Crippen molar-refractivity contribution in [2.45, 2.75) is 12.1 Å². The second kappa shape index (κ2) is 4.14. The van der Waals surface area contributed by atoms with E-state index in [4.69, 9.17) is 4.74 Å². The molecule has 1 aromatic rings. The zero-order valence-electron chi connectivity index (χ0n) is 10.3. The van der Waals surface area contributed by atoms with E-state index >= 15 is 0 Å². The smallest absolute Gasteiger partial charge is 0.256 e. The van der Waals surface area contributed by atoms with Gasteiger partial charge in [0, 0.05) is 25.9 Å². The Morgan fingerprint density at radius 3 is 3.00 bits per heavy atom. The summed E-state index contributed by atoms with van der Waals surface area (Å²) in [4.78, 5) is 14.4. The SMILES string of the molecule is C=C1CN2C(=O)c3ccccc3NCC2C1OC. The number of methoxy groups -OCH3 is 1. The lowest BCUT2D eigenvalue weighted by molar-refractivity contribution is 0.0589. The highest BCUT2D eigenvalue weighted by molar-refractivity contribution is 6.01. The van der Waals surface area contributed by atoms with Crippen molar-refractivity contribution in [1.82, 2.24) is 4.90 Å². The Morgan fingerprint density at radius 1 is 1.44 bits per heavy atom. The average molecular weight is 244 g/mol. The van der Waals surface area contributed by atoms with Gasteiger partial charge in [0.2, 0.25) is 0 Å². The molecule has 2 aliphatic rings. The number of carbonyl (C=O) groups excluding carboxylic acids is 1. The molecule has 2 aliphatic heterocycles. The topological polar surface area (TPSA) is 41.6 Å². The quantitative estimate of drug-likeness (QED) is 0.761. The predicted octanol–water partition coefficient (Wildman–Crippen LogP) is 1.51. The van der Waals surface area contributed by atoms with Gasteiger partial charge >= 0.3 is 0 Å². The summed E-state index contributed by atoms with van der Waals surface area (Å²) in [6.45, 7) is 5.28. The van der Waals surface area contributed by atoms with Crippen LogP contribution >= 0.6 is 0 Å². The number of para-hydroxylation sites is 1. The molecular weight excluding hydrogens is 228 g/mol. The fourth-order valence-corrected chi connectivity index (χ4v) is 2.82. The molecule has 0 spiro atoms. The van der Waals surface area contributed by atoms with E-state index in [-0.39, 0.29) is 18.1 Å². The molecule has 1 amide bonds. The van der Waals surface area contributed by atoms with Gasteiger partial charge in [-0.05, 0) is 17.7 Å². The van der Waals surface area contributed by atoms with Gasteiger partial charge < -0.3 is 15.0 Å². The van der Waals surface area contributed by atoms with Gasteiger partial charge in [0.05, 0.1) is 11.6 Å². The van der Waals surface area contributed by atoms with Crippen LogP contribution in [0.5, 0.6) is 0 Å². The largest absolute Gasteiger partial charge is 0.382 e. The molecule has 3 rings (SSSR count). The zero-order valence-corrected chi connectivity index (χ0v) is 10.3. The third-order valence-corrected chi connectivity index (χ3v) is 3.70. The zero-order chi connectivity index (χ0) is 12.7. The lowest BCUT2D eigenvalue weighted by Gasteiger charge is -2.24. The molecule has 4 nitrogen and oxygen atoms in total. The van der Waals surface area contributed by atoms with Crippen LogP contribution in [0.15, 0.2) is 36.4 Å². The molecule has 2 unspecified atom stereocenters. The van der Waals surface area contributed by atoms with Crippen LogP contribution < -0.4 is 5.32 Å². The Bertz CT molecular complexity index is 512. The lowest BCUT2D eigenvalue weighted by atomic mass is 10.1. The number of fused-ring (bicyclic) bond motifs is 2. The van der Waals surface area contributed by atoms with Crippen LogP contribution in [0.1, 0.15) is 10.4 Å². The van der Waals surface area contributed by atoms with Crippen LogP contribution in [0.4, 0.5) is 5.69 Å². The standard InChI is InChI=1S/C14H16N2O2/c1-9-8-16-12(13(9)18-2)7-15-11-6-4-3-5-10(11)14(16)17/h3-6,12-13,15H,1,7-8H2,2H3. The van der Waals surface area contributed by atoms with E-state index in [0.29, 0.717) is 13.1 Å². The van der Waals surface area contributed by atoms with Crippen LogP contribution in [0.3, 0.4) is 0 Å². The molecule has 1 fully saturated rings. The number of nitrogens with one attached hydrogen (secondary N) is 1. The first-order valence-electron chi connectivity index (χ1n) is 6.06. The minimum Gasteiger partial charge on any atom is -0.382 e. The van der Waals surface area contributed by atoms with Crippen LogP contribution in [0, 0.1) is 0 Å². The second-order valence-corrected chi connectivity index (χ2v) is 4.74. The average Bonchev–Trinajstić information content (AvgIpc) is 2.65. The molecular formula is C14H16N2O2. The lowest BCUT2D eigenvalue weighted by Crippen LogP contribution is -2.42. The van der Waals surface area contributed by atoms with Gasteiger partial charge in [-0.3, -0.25) is 4.79 Å². The predicted molar refractivity (Wildman–Crippen MR) is 69.7 cm³/mol.